The molecule has 6 unspecified atom stereocenters. The van der Waals surface area contributed by atoms with E-state index in [0.717, 1.165) is 34.6 Å². The molecule has 4 fully saturated rings. The van der Waals surface area contributed by atoms with Gasteiger partial charge in [0.2, 0.25) is 11.9 Å². The molecule has 6 aliphatic carbocycles. The molecule has 4 bridgehead atoms. The molecule has 6 atom stereocenters. The Labute approximate surface area is 270 Å². The van der Waals surface area contributed by atoms with Crippen molar-refractivity contribution in [3.63, 3.8) is 0 Å². The van der Waals surface area contributed by atoms with Crippen LogP contribution in [0.5, 0.6) is 0 Å². The maximum atomic E-state index is 7.26. The molecule has 10 rings (SSSR count). The van der Waals surface area contributed by atoms with Crippen molar-refractivity contribution in [3.8, 4) is 0 Å². The zero-order valence-corrected chi connectivity index (χ0v) is 26.1. The molecule has 0 radical (unpaired) electrons. The van der Waals surface area contributed by atoms with Gasteiger partial charge in [-0.25, -0.2) is 20.8 Å². The van der Waals surface area contributed by atoms with Crippen LogP contribution in [-0.4, -0.2) is 29.0 Å². The van der Waals surface area contributed by atoms with Gasteiger partial charge in [0.1, 0.15) is 0 Å². The molecular formula is C40H40N6. The Morgan fingerprint density at radius 3 is 1.98 bits per heavy atom. The molecule has 4 aromatic rings. The number of benzene rings is 4. The number of nitrogens with zero attached hydrogens (tertiary/aromatic N) is 3. The second-order valence-electron chi connectivity index (χ2n) is 14.6. The number of nitrogens with one attached hydrogen (secondary N) is 2. The Bertz CT molecular complexity index is 2010. The lowest BCUT2D eigenvalue weighted by molar-refractivity contribution is 0.373. The minimum absolute atomic E-state index is 0.317. The van der Waals surface area contributed by atoms with Crippen LogP contribution in [0.2, 0.25) is 0 Å². The SMILES string of the molecule is NN(C(=Nc1ccc2c3c(cccc13)C=C2)Nc1ccc2c3c(cccc13)C=C2)C(=NC1CC2CCC1C2)NC1CC2CCC1C2. The Morgan fingerprint density at radius 1 is 0.652 bits per heavy atom. The number of anilines is 1. The summed E-state index contributed by atoms with van der Waals surface area (Å²) in [5, 5.41) is 14.2. The van der Waals surface area contributed by atoms with Gasteiger partial charge in [0.25, 0.3) is 0 Å². The summed E-state index contributed by atoms with van der Waals surface area (Å²) in [5.41, 5.74) is 6.85. The average molecular weight is 605 g/mol. The molecule has 0 aromatic heterocycles. The van der Waals surface area contributed by atoms with Crippen LogP contribution in [-0.2, 0) is 0 Å². The second kappa shape index (κ2) is 10.3. The molecule has 6 aliphatic rings. The van der Waals surface area contributed by atoms with Crippen LogP contribution in [0.1, 0.15) is 73.6 Å². The largest absolute Gasteiger partial charge is 0.352 e. The van der Waals surface area contributed by atoms with Crippen molar-refractivity contribution in [3.05, 3.63) is 82.9 Å². The van der Waals surface area contributed by atoms with Gasteiger partial charge in [-0.05, 0) is 107 Å². The van der Waals surface area contributed by atoms with Crippen molar-refractivity contribution in [1.29, 1.82) is 0 Å². The van der Waals surface area contributed by atoms with Gasteiger partial charge in [-0.15, -0.1) is 0 Å². The van der Waals surface area contributed by atoms with Crippen molar-refractivity contribution >= 4 is 69.1 Å². The topological polar surface area (TPSA) is 78.0 Å². The molecule has 6 nitrogen and oxygen atoms in total. The quantitative estimate of drug-likeness (QED) is 0.0815. The lowest BCUT2D eigenvalue weighted by atomic mass is 9.95. The Hall–Kier alpha value is -4.42. The van der Waals surface area contributed by atoms with Gasteiger partial charge in [-0.1, -0.05) is 85.7 Å². The third kappa shape index (κ3) is 4.26. The first-order valence-electron chi connectivity index (χ1n) is 17.4. The first kappa shape index (κ1) is 26.8. The summed E-state index contributed by atoms with van der Waals surface area (Å²) >= 11 is 0. The molecule has 4 N–H and O–H groups in total. The van der Waals surface area contributed by atoms with Crippen molar-refractivity contribution < 1.29 is 0 Å². The summed E-state index contributed by atoms with van der Waals surface area (Å²) in [5.74, 6) is 11.6. The lowest BCUT2D eigenvalue weighted by Gasteiger charge is -2.31. The van der Waals surface area contributed by atoms with Gasteiger partial charge in [0.15, 0.2) is 0 Å². The van der Waals surface area contributed by atoms with E-state index in [1.807, 2.05) is 0 Å². The van der Waals surface area contributed by atoms with Crippen LogP contribution in [0.15, 0.2) is 70.6 Å². The number of hydrogen-bond donors (Lipinski definition) is 3. The van der Waals surface area contributed by atoms with E-state index in [0.29, 0.717) is 29.9 Å². The smallest absolute Gasteiger partial charge is 0.225 e. The molecule has 6 heteroatoms. The molecule has 4 aromatic carbocycles. The van der Waals surface area contributed by atoms with Crippen molar-refractivity contribution in [2.75, 3.05) is 5.32 Å². The Balaban J connectivity index is 1.10. The zero-order chi connectivity index (χ0) is 30.4. The minimum atomic E-state index is 0.317. The van der Waals surface area contributed by atoms with Gasteiger partial charge in [0, 0.05) is 22.5 Å². The molecule has 0 aliphatic heterocycles. The summed E-state index contributed by atoms with van der Waals surface area (Å²) in [6, 6.07) is 22.4. The van der Waals surface area contributed by atoms with Gasteiger partial charge >= 0.3 is 0 Å². The zero-order valence-electron chi connectivity index (χ0n) is 26.1. The number of hydrazine groups is 1. The molecule has 0 spiro atoms. The van der Waals surface area contributed by atoms with Crippen LogP contribution in [0.4, 0.5) is 11.4 Å². The fraction of sp³-hybridized carbons (Fsp3) is 0.350. The molecule has 46 heavy (non-hydrogen) atoms. The van der Waals surface area contributed by atoms with E-state index >= 15 is 0 Å². The molecule has 0 saturated heterocycles. The Morgan fingerprint density at radius 2 is 1.30 bits per heavy atom. The third-order valence-electron chi connectivity index (χ3n) is 12.0. The standard InChI is InChI=1S/C40H40N6/c41-46(40(44-35-21-23-7-9-29(35)19-23)45-36-22-24-8-10-30(36)20-24)39(42-33-17-15-27-13-11-25-3-1-5-31(33)37(25)27)43-34-18-16-28-14-12-26-4-2-6-32(34)38(26)28/h1-6,11-18,23-24,29-30,35-36H,7-10,19-22,41H2,(H,42,43)(H,44,45). The normalized spacial score (nSPS) is 28.4. The fourth-order valence-corrected chi connectivity index (χ4v) is 9.79. The van der Waals surface area contributed by atoms with Crippen molar-refractivity contribution in [2.45, 2.75) is 63.5 Å². The van der Waals surface area contributed by atoms with Crippen LogP contribution in [0.3, 0.4) is 0 Å². The first-order valence-corrected chi connectivity index (χ1v) is 17.4. The van der Waals surface area contributed by atoms with E-state index in [1.165, 1.54) is 89.8 Å². The number of aliphatic imine (C=N–C) groups is 2. The Kier molecular flexibility index (Phi) is 5.99. The number of hydrogen-bond acceptors (Lipinski definition) is 3. The number of guanidine groups is 2. The maximum absolute atomic E-state index is 7.26. The van der Waals surface area contributed by atoms with E-state index in [1.54, 1.807) is 5.01 Å². The van der Waals surface area contributed by atoms with Gasteiger partial charge in [-0.2, -0.15) is 0 Å². The van der Waals surface area contributed by atoms with Gasteiger partial charge in [-0.3, -0.25) is 0 Å². The highest BCUT2D eigenvalue weighted by molar-refractivity contribution is 6.15. The van der Waals surface area contributed by atoms with Crippen LogP contribution < -0.4 is 16.5 Å². The van der Waals surface area contributed by atoms with E-state index < -0.39 is 0 Å². The van der Waals surface area contributed by atoms with E-state index in [4.69, 9.17) is 15.8 Å². The van der Waals surface area contributed by atoms with E-state index in [2.05, 4.69) is 95.6 Å². The summed E-state index contributed by atoms with van der Waals surface area (Å²) in [6.45, 7) is 0. The van der Waals surface area contributed by atoms with Crippen LogP contribution >= 0.6 is 0 Å². The highest BCUT2D eigenvalue weighted by Gasteiger charge is 2.42. The summed E-state index contributed by atoms with van der Waals surface area (Å²) in [6.07, 6.45) is 19.1. The van der Waals surface area contributed by atoms with Gasteiger partial charge < -0.3 is 10.6 Å². The highest BCUT2D eigenvalue weighted by Crippen LogP contribution is 2.47. The van der Waals surface area contributed by atoms with Gasteiger partial charge in [0.05, 0.1) is 11.7 Å². The first-order chi connectivity index (χ1) is 22.6. The molecular weight excluding hydrogens is 564 g/mol. The average Bonchev–Trinajstić information content (AvgIpc) is 3.94. The van der Waals surface area contributed by atoms with E-state index in [-0.39, 0.29) is 0 Å². The van der Waals surface area contributed by atoms with Crippen molar-refractivity contribution in [2.24, 2.45) is 39.5 Å². The molecule has 4 saturated carbocycles. The predicted molar refractivity (Wildman–Crippen MR) is 192 cm³/mol. The number of fused-ring (bicyclic) bond motifs is 4. The number of rotatable bonds is 4. The lowest BCUT2D eigenvalue weighted by Crippen LogP contribution is -2.55. The van der Waals surface area contributed by atoms with Crippen molar-refractivity contribution in [1.82, 2.24) is 10.3 Å². The summed E-state index contributed by atoms with van der Waals surface area (Å²) in [4.78, 5) is 10.8. The second-order valence-corrected chi connectivity index (χ2v) is 14.6. The van der Waals surface area contributed by atoms with E-state index in [9.17, 15) is 0 Å². The summed E-state index contributed by atoms with van der Waals surface area (Å²) in [7, 11) is 0. The highest BCUT2D eigenvalue weighted by atomic mass is 15.5. The third-order valence-corrected chi connectivity index (χ3v) is 12.0. The van der Waals surface area contributed by atoms with Crippen LogP contribution in [0.25, 0.3) is 45.8 Å². The minimum Gasteiger partial charge on any atom is -0.352 e. The number of nitrogens with two attached hydrogens (primary N) is 1. The molecule has 0 amide bonds. The molecule has 230 valence electrons. The van der Waals surface area contributed by atoms with Crippen LogP contribution in [0, 0.1) is 23.7 Å². The monoisotopic (exact) mass is 604 g/mol. The predicted octanol–water partition coefficient (Wildman–Crippen LogP) is 8.56. The fourth-order valence-electron chi connectivity index (χ4n) is 9.79. The molecule has 0 heterocycles. The maximum Gasteiger partial charge on any atom is 0.225 e. The summed E-state index contributed by atoms with van der Waals surface area (Å²) < 4.78 is 0.